The van der Waals surface area contributed by atoms with Gasteiger partial charge in [-0.2, -0.15) is 10.1 Å². The molecule has 2 aromatic heterocycles. The fraction of sp³-hybridized carbons (Fsp3) is 0.308. The number of H-pyrrole nitrogens is 1. The molecular weight excluding hydrogens is 369 g/mol. The van der Waals surface area contributed by atoms with E-state index in [1.165, 1.54) is 0 Å². The molecule has 3 aromatic rings. The normalized spacial score (nSPS) is 17.3. The molecule has 1 saturated carbocycles. The van der Waals surface area contributed by atoms with E-state index in [1.807, 2.05) is 18.2 Å². The average Bonchev–Trinajstić information content (AvgIpc) is 3.01. The van der Waals surface area contributed by atoms with Gasteiger partial charge in [0.2, 0.25) is 0 Å². The third-order valence-corrected chi connectivity index (χ3v) is 4.52. The van der Waals surface area contributed by atoms with Gasteiger partial charge in [-0.1, -0.05) is 5.16 Å². The summed E-state index contributed by atoms with van der Waals surface area (Å²) in [4.78, 5) is 4.44. The molecule has 0 aliphatic heterocycles. The second kappa shape index (κ2) is 4.26. The predicted molar refractivity (Wildman–Crippen MR) is 81.8 cm³/mol. The number of hydrogen-bond donors (Lipinski definition) is 2. The highest BCUT2D eigenvalue weighted by atomic mass is 127. The van der Waals surface area contributed by atoms with Crippen LogP contribution in [0.4, 0.5) is 0 Å². The van der Waals surface area contributed by atoms with Crippen LogP contribution in [0.15, 0.2) is 22.7 Å². The molecule has 1 aliphatic rings. The summed E-state index contributed by atoms with van der Waals surface area (Å²) in [6.07, 6.45) is 2.93. The number of nitrogens with one attached hydrogen (secondary N) is 1. The van der Waals surface area contributed by atoms with Crippen LogP contribution in [0.25, 0.3) is 22.5 Å². The summed E-state index contributed by atoms with van der Waals surface area (Å²) in [6, 6.07) is 6.05. The van der Waals surface area contributed by atoms with E-state index < -0.39 is 5.54 Å². The van der Waals surface area contributed by atoms with Crippen LogP contribution >= 0.6 is 22.6 Å². The number of nitrogens with two attached hydrogens (primary N) is 1. The quantitative estimate of drug-likeness (QED) is 0.666. The first-order valence-electron chi connectivity index (χ1n) is 6.43. The lowest BCUT2D eigenvalue weighted by atomic mass is 9.77. The Hall–Kier alpha value is -1.48. The smallest absolute Gasteiger partial charge is 0.279 e. The van der Waals surface area contributed by atoms with Crippen molar-refractivity contribution in [2.24, 2.45) is 5.73 Å². The van der Waals surface area contributed by atoms with E-state index in [0.717, 1.165) is 33.7 Å². The zero-order valence-electron chi connectivity index (χ0n) is 10.6. The molecule has 3 N–H and O–H groups in total. The van der Waals surface area contributed by atoms with E-state index in [4.69, 9.17) is 10.3 Å². The highest BCUT2D eigenvalue weighted by Crippen LogP contribution is 2.38. The van der Waals surface area contributed by atoms with Gasteiger partial charge in [0.25, 0.3) is 5.89 Å². The average molecular weight is 381 g/mol. The Labute approximate surface area is 128 Å². The first-order chi connectivity index (χ1) is 9.66. The van der Waals surface area contributed by atoms with E-state index >= 15 is 0 Å². The molecule has 0 amide bonds. The predicted octanol–water partition coefficient (Wildman–Crippen LogP) is 2.56. The van der Waals surface area contributed by atoms with Crippen LogP contribution in [0.2, 0.25) is 0 Å². The van der Waals surface area contributed by atoms with Crippen LogP contribution in [-0.4, -0.2) is 20.3 Å². The van der Waals surface area contributed by atoms with Crippen molar-refractivity contribution in [2.45, 2.75) is 24.8 Å². The first-order valence-corrected chi connectivity index (χ1v) is 7.51. The van der Waals surface area contributed by atoms with Crippen LogP contribution in [0.3, 0.4) is 0 Å². The molecule has 2 heterocycles. The van der Waals surface area contributed by atoms with Gasteiger partial charge in [-0.25, -0.2) is 0 Å². The van der Waals surface area contributed by atoms with Gasteiger partial charge in [0.15, 0.2) is 11.5 Å². The van der Waals surface area contributed by atoms with E-state index in [9.17, 15) is 0 Å². The summed E-state index contributed by atoms with van der Waals surface area (Å²) in [7, 11) is 0. The van der Waals surface area contributed by atoms with Crippen LogP contribution in [0.1, 0.15) is 25.1 Å². The maximum absolute atomic E-state index is 6.21. The van der Waals surface area contributed by atoms with Gasteiger partial charge in [0.1, 0.15) is 0 Å². The molecule has 0 atom stereocenters. The van der Waals surface area contributed by atoms with Crippen molar-refractivity contribution < 1.29 is 4.52 Å². The van der Waals surface area contributed by atoms with Crippen molar-refractivity contribution >= 4 is 33.5 Å². The molecule has 0 bridgehead atoms. The molecule has 1 aromatic carbocycles. The summed E-state index contributed by atoms with van der Waals surface area (Å²) in [6.45, 7) is 0. The van der Waals surface area contributed by atoms with Crippen molar-refractivity contribution in [2.75, 3.05) is 0 Å². The van der Waals surface area contributed by atoms with Crippen molar-refractivity contribution in [3.63, 3.8) is 0 Å². The highest BCUT2D eigenvalue weighted by Gasteiger charge is 2.39. The number of fused-ring (bicyclic) bond motifs is 1. The van der Waals surface area contributed by atoms with Crippen LogP contribution in [0, 0.1) is 3.57 Å². The van der Waals surface area contributed by atoms with Crippen molar-refractivity contribution in [3.05, 3.63) is 27.6 Å². The minimum atomic E-state index is -0.414. The van der Waals surface area contributed by atoms with Gasteiger partial charge < -0.3 is 10.3 Å². The number of halogens is 1. The molecule has 0 saturated heterocycles. The Bertz CT molecular complexity index is 789. The minimum Gasteiger partial charge on any atom is -0.332 e. The van der Waals surface area contributed by atoms with Crippen LogP contribution in [0.5, 0.6) is 0 Å². The van der Waals surface area contributed by atoms with Gasteiger partial charge in [-0.15, -0.1) is 0 Å². The summed E-state index contributed by atoms with van der Waals surface area (Å²) in [5, 5.41) is 12.3. The van der Waals surface area contributed by atoms with Crippen molar-refractivity contribution in [3.8, 4) is 11.6 Å². The monoisotopic (exact) mass is 381 g/mol. The molecule has 0 spiro atoms. The largest absolute Gasteiger partial charge is 0.332 e. The van der Waals surface area contributed by atoms with Crippen molar-refractivity contribution in [1.29, 1.82) is 0 Å². The summed E-state index contributed by atoms with van der Waals surface area (Å²) < 4.78 is 6.48. The van der Waals surface area contributed by atoms with Gasteiger partial charge in [0.05, 0.1) is 11.1 Å². The lowest BCUT2D eigenvalue weighted by Gasteiger charge is -2.34. The lowest BCUT2D eigenvalue weighted by Crippen LogP contribution is -2.44. The number of benzene rings is 1. The number of aromatic amines is 1. The third kappa shape index (κ3) is 1.76. The fourth-order valence-electron chi connectivity index (χ4n) is 2.45. The molecule has 1 aliphatic carbocycles. The van der Waals surface area contributed by atoms with Crippen LogP contribution < -0.4 is 5.73 Å². The van der Waals surface area contributed by atoms with Gasteiger partial charge in [0, 0.05) is 8.96 Å². The van der Waals surface area contributed by atoms with E-state index in [-0.39, 0.29) is 0 Å². The molecule has 7 heteroatoms. The zero-order valence-corrected chi connectivity index (χ0v) is 12.7. The third-order valence-electron chi connectivity index (χ3n) is 3.84. The maximum atomic E-state index is 6.21. The minimum absolute atomic E-state index is 0.414. The second-order valence-electron chi connectivity index (χ2n) is 5.19. The highest BCUT2D eigenvalue weighted by molar-refractivity contribution is 14.1. The molecule has 4 rings (SSSR count). The van der Waals surface area contributed by atoms with Crippen molar-refractivity contribution in [1.82, 2.24) is 20.3 Å². The Morgan fingerprint density at radius 1 is 1.35 bits per heavy atom. The summed E-state index contributed by atoms with van der Waals surface area (Å²) in [5.74, 6) is 1.01. The first kappa shape index (κ1) is 12.3. The maximum Gasteiger partial charge on any atom is 0.279 e. The lowest BCUT2D eigenvalue weighted by molar-refractivity contribution is 0.229. The molecule has 0 radical (unpaired) electrons. The zero-order chi connectivity index (χ0) is 13.7. The number of aromatic nitrogens is 4. The SMILES string of the molecule is NC1(c2noc(-c3n[nH]c4ccc(I)cc34)n2)CCC1. The second-order valence-corrected chi connectivity index (χ2v) is 6.44. The number of hydrogen-bond acceptors (Lipinski definition) is 5. The van der Waals surface area contributed by atoms with Gasteiger partial charge in [-0.05, 0) is 60.1 Å². The fourth-order valence-corrected chi connectivity index (χ4v) is 2.94. The van der Waals surface area contributed by atoms with E-state index in [0.29, 0.717) is 17.4 Å². The molecule has 6 nitrogen and oxygen atoms in total. The Kier molecular flexibility index (Phi) is 2.61. The molecule has 20 heavy (non-hydrogen) atoms. The Balaban J connectivity index is 1.81. The van der Waals surface area contributed by atoms with E-state index in [2.05, 4.69) is 42.9 Å². The molecule has 102 valence electrons. The number of rotatable bonds is 2. The standard InChI is InChI=1S/C13H12IN5O/c14-7-2-3-9-8(6-7)10(18-17-9)11-16-12(19-20-11)13(15)4-1-5-13/h2-3,6H,1,4-5,15H2,(H,17,18). The Morgan fingerprint density at radius 2 is 2.20 bits per heavy atom. The topological polar surface area (TPSA) is 93.6 Å². The molecular formula is C13H12IN5O. The van der Waals surface area contributed by atoms with Crippen LogP contribution in [-0.2, 0) is 5.54 Å². The Morgan fingerprint density at radius 3 is 2.95 bits per heavy atom. The molecule has 0 unspecified atom stereocenters. The van der Waals surface area contributed by atoms with E-state index in [1.54, 1.807) is 0 Å². The number of nitrogens with zero attached hydrogens (tertiary/aromatic N) is 3. The molecule has 1 fully saturated rings. The van der Waals surface area contributed by atoms with Gasteiger partial charge in [-0.3, -0.25) is 5.10 Å². The van der Waals surface area contributed by atoms with Gasteiger partial charge >= 0.3 is 0 Å². The summed E-state index contributed by atoms with van der Waals surface area (Å²) in [5.41, 5.74) is 7.43. The summed E-state index contributed by atoms with van der Waals surface area (Å²) >= 11 is 2.27.